The zero-order valence-electron chi connectivity index (χ0n) is 9.29. The van der Waals surface area contributed by atoms with Crippen molar-refractivity contribution in [1.29, 1.82) is 5.41 Å². The zero-order valence-corrected chi connectivity index (χ0v) is 9.29. The van der Waals surface area contributed by atoms with Gasteiger partial charge in [0.25, 0.3) is 0 Å². The van der Waals surface area contributed by atoms with Gasteiger partial charge in [0, 0.05) is 18.5 Å². The van der Waals surface area contributed by atoms with Crippen LogP contribution in [-0.4, -0.2) is 26.2 Å². The molecule has 2 rings (SSSR count). The van der Waals surface area contributed by atoms with E-state index in [1.54, 1.807) is 17.0 Å². The molecule has 94 valence electrons. The Morgan fingerprint density at radius 3 is 2.33 bits per heavy atom. The highest BCUT2D eigenvalue weighted by molar-refractivity contribution is 5.92. The van der Waals surface area contributed by atoms with E-state index < -0.39 is 5.97 Å². The molecular formula is C12H12N2O4. The summed E-state index contributed by atoms with van der Waals surface area (Å²) in [7, 11) is 0. The SMILES string of the molecule is N=c1ccn(-c2cc(O)ccc2C(=O)O)cc1.O. The zero-order chi connectivity index (χ0) is 12.4. The predicted octanol–water partition coefficient (Wildman–Crippen LogP) is 0.536. The summed E-state index contributed by atoms with van der Waals surface area (Å²) < 4.78 is 1.54. The summed E-state index contributed by atoms with van der Waals surface area (Å²) in [5.41, 5.74) is 0.447. The minimum atomic E-state index is -1.07. The molecule has 0 spiro atoms. The third-order valence-electron chi connectivity index (χ3n) is 2.32. The van der Waals surface area contributed by atoms with Gasteiger partial charge in [-0.1, -0.05) is 0 Å². The molecular weight excluding hydrogens is 236 g/mol. The molecule has 2 aromatic rings. The molecule has 0 aliphatic carbocycles. The fourth-order valence-electron chi connectivity index (χ4n) is 1.50. The largest absolute Gasteiger partial charge is 0.508 e. The van der Waals surface area contributed by atoms with Gasteiger partial charge in [-0.3, -0.25) is 0 Å². The van der Waals surface area contributed by atoms with Crippen molar-refractivity contribution in [3.63, 3.8) is 0 Å². The van der Waals surface area contributed by atoms with Crippen LogP contribution in [0.25, 0.3) is 5.69 Å². The molecule has 6 nitrogen and oxygen atoms in total. The van der Waals surface area contributed by atoms with Gasteiger partial charge in [-0.25, -0.2) is 4.79 Å². The van der Waals surface area contributed by atoms with E-state index in [1.807, 2.05) is 0 Å². The second-order valence-corrected chi connectivity index (χ2v) is 3.50. The number of pyridine rings is 1. The molecule has 0 aliphatic heterocycles. The highest BCUT2D eigenvalue weighted by Gasteiger charge is 2.11. The smallest absolute Gasteiger partial charge is 0.337 e. The summed E-state index contributed by atoms with van der Waals surface area (Å²) >= 11 is 0. The second kappa shape index (κ2) is 5.15. The first-order valence-corrected chi connectivity index (χ1v) is 4.87. The summed E-state index contributed by atoms with van der Waals surface area (Å²) in [5.74, 6) is -1.07. The molecule has 1 aromatic carbocycles. The van der Waals surface area contributed by atoms with Crippen LogP contribution in [0.4, 0.5) is 0 Å². The van der Waals surface area contributed by atoms with Crippen molar-refractivity contribution in [2.45, 2.75) is 0 Å². The van der Waals surface area contributed by atoms with Gasteiger partial charge in [-0.05, 0) is 24.3 Å². The van der Waals surface area contributed by atoms with Crippen molar-refractivity contribution >= 4 is 5.97 Å². The standard InChI is InChI=1S/C12H10N2O3.H2O/c13-8-3-5-14(6-4-8)11-7-9(15)1-2-10(11)12(16)17;/h1-7,13,15H,(H,16,17);1H2. The lowest BCUT2D eigenvalue weighted by molar-refractivity contribution is 0.0697. The van der Waals surface area contributed by atoms with Crippen LogP contribution < -0.4 is 5.36 Å². The molecule has 0 bridgehead atoms. The molecule has 0 saturated carbocycles. The van der Waals surface area contributed by atoms with Crippen LogP contribution in [0.3, 0.4) is 0 Å². The maximum atomic E-state index is 11.0. The van der Waals surface area contributed by atoms with Crippen LogP contribution >= 0.6 is 0 Å². The fraction of sp³-hybridized carbons (Fsp3) is 0. The lowest BCUT2D eigenvalue weighted by Crippen LogP contribution is -2.07. The molecule has 1 aromatic heterocycles. The number of phenols is 1. The van der Waals surface area contributed by atoms with Crippen molar-refractivity contribution in [3.05, 3.63) is 53.6 Å². The van der Waals surface area contributed by atoms with E-state index in [2.05, 4.69) is 0 Å². The number of aromatic hydroxyl groups is 1. The topological polar surface area (TPSA) is 118 Å². The van der Waals surface area contributed by atoms with Gasteiger partial charge in [-0.15, -0.1) is 0 Å². The van der Waals surface area contributed by atoms with Crippen molar-refractivity contribution in [1.82, 2.24) is 4.57 Å². The van der Waals surface area contributed by atoms with Gasteiger partial charge in [0.15, 0.2) is 0 Å². The molecule has 0 fully saturated rings. The second-order valence-electron chi connectivity index (χ2n) is 3.50. The van der Waals surface area contributed by atoms with Gasteiger partial charge in [-0.2, -0.15) is 0 Å². The summed E-state index contributed by atoms with van der Waals surface area (Å²) in [6, 6.07) is 7.11. The molecule has 1 heterocycles. The van der Waals surface area contributed by atoms with Gasteiger partial charge in [0.2, 0.25) is 0 Å². The first kappa shape index (κ1) is 13.5. The van der Waals surface area contributed by atoms with E-state index in [0.29, 0.717) is 11.0 Å². The summed E-state index contributed by atoms with van der Waals surface area (Å²) in [5, 5.41) is 26.1. The number of carbonyl (C=O) groups is 1. The number of benzene rings is 1. The Labute approximate surface area is 102 Å². The Balaban J connectivity index is 0.00000162. The Morgan fingerprint density at radius 2 is 1.78 bits per heavy atom. The number of aromatic carboxylic acids is 1. The average molecular weight is 248 g/mol. The minimum Gasteiger partial charge on any atom is -0.508 e. The highest BCUT2D eigenvalue weighted by atomic mass is 16.4. The summed E-state index contributed by atoms with van der Waals surface area (Å²) in [4.78, 5) is 11.0. The summed E-state index contributed by atoms with van der Waals surface area (Å²) in [6.45, 7) is 0. The number of nitrogens with zero attached hydrogens (tertiary/aromatic N) is 1. The van der Waals surface area contributed by atoms with Crippen LogP contribution in [0.5, 0.6) is 5.75 Å². The van der Waals surface area contributed by atoms with Crippen molar-refractivity contribution in [2.24, 2.45) is 0 Å². The predicted molar refractivity (Wildman–Crippen MR) is 63.9 cm³/mol. The van der Waals surface area contributed by atoms with Crippen molar-refractivity contribution < 1.29 is 20.5 Å². The average Bonchev–Trinajstić information content (AvgIpc) is 2.29. The van der Waals surface area contributed by atoms with E-state index in [1.165, 1.54) is 30.3 Å². The van der Waals surface area contributed by atoms with Crippen LogP contribution in [0.1, 0.15) is 10.4 Å². The number of hydrogen-bond donors (Lipinski definition) is 3. The third-order valence-corrected chi connectivity index (χ3v) is 2.32. The molecule has 0 radical (unpaired) electrons. The lowest BCUT2D eigenvalue weighted by atomic mass is 10.1. The Kier molecular flexibility index (Phi) is 3.85. The minimum absolute atomic E-state index is 0. The molecule has 0 atom stereocenters. The number of phenolic OH excluding ortho intramolecular Hbond substituents is 1. The first-order chi connectivity index (χ1) is 8.08. The highest BCUT2D eigenvalue weighted by Crippen LogP contribution is 2.20. The van der Waals surface area contributed by atoms with Crippen LogP contribution in [0, 0.1) is 5.41 Å². The number of carboxylic acid groups (broad SMARTS) is 1. The van der Waals surface area contributed by atoms with Gasteiger partial charge in [0.1, 0.15) is 5.75 Å². The Bertz CT molecular complexity index is 614. The molecule has 6 heteroatoms. The maximum absolute atomic E-state index is 11.0. The number of nitrogens with one attached hydrogen (secondary N) is 1. The van der Waals surface area contributed by atoms with Crippen molar-refractivity contribution in [3.8, 4) is 11.4 Å². The number of hydrogen-bond acceptors (Lipinski definition) is 3. The third kappa shape index (κ3) is 2.55. The van der Waals surface area contributed by atoms with Crippen LogP contribution in [-0.2, 0) is 0 Å². The lowest BCUT2D eigenvalue weighted by Gasteiger charge is -2.09. The van der Waals surface area contributed by atoms with Crippen molar-refractivity contribution in [2.75, 3.05) is 0 Å². The normalized spacial score (nSPS) is 9.56. The molecule has 0 saturated heterocycles. The number of carboxylic acids is 1. The number of rotatable bonds is 2. The van der Waals surface area contributed by atoms with E-state index in [-0.39, 0.29) is 16.8 Å². The number of aromatic nitrogens is 1. The molecule has 5 N–H and O–H groups in total. The van der Waals surface area contributed by atoms with E-state index >= 15 is 0 Å². The molecule has 0 unspecified atom stereocenters. The Morgan fingerprint density at radius 1 is 1.17 bits per heavy atom. The Hall–Kier alpha value is -2.60. The van der Waals surface area contributed by atoms with Gasteiger partial charge >= 0.3 is 5.97 Å². The molecule has 18 heavy (non-hydrogen) atoms. The van der Waals surface area contributed by atoms with Crippen LogP contribution in [0.2, 0.25) is 0 Å². The fourth-order valence-corrected chi connectivity index (χ4v) is 1.50. The maximum Gasteiger partial charge on any atom is 0.337 e. The first-order valence-electron chi connectivity index (χ1n) is 4.87. The monoisotopic (exact) mass is 248 g/mol. The van der Waals surface area contributed by atoms with E-state index in [0.717, 1.165) is 0 Å². The van der Waals surface area contributed by atoms with E-state index in [4.69, 9.17) is 10.5 Å². The molecule has 0 aliphatic rings. The van der Waals surface area contributed by atoms with E-state index in [9.17, 15) is 9.90 Å². The van der Waals surface area contributed by atoms with Gasteiger partial charge < -0.3 is 25.7 Å². The van der Waals surface area contributed by atoms with Gasteiger partial charge in [0.05, 0.1) is 16.6 Å². The summed E-state index contributed by atoms with van der Waals surface area (Å²) in [6.07, 6.45) is 3.15. The quantitative estimate of drug-likeness (QED) is 0.719. The molecule has 0 amide bonds. The van der Waals surface area contributed by atoms with Crippen LogP contribution in [0.15, 0.2) is 42.7 Å².